The maximum absolute atomic E-state index is 9.13. The Hall–Kier alpha value is -2.94. The molecule has 0 aliphatic rings. The molecule has 0 bridgehead atoms. The summed E-state index contributed by atoms with van der Waals surface area (Å²) in [5.41, 5.74) is 5.61. The minimum absolute atomic E-state index is 0.141. The Labute approximate surface area is 199 Å². The van der Waals surface area contributed by atoms with Gasteiger partial charge in [0.1, 0.15) is 12.4 Å². The Morgan fingerprint density at radius 2 is 1.82 bits per heavy atom. The van der Waals surface area contributed by atoms with Gasteiger partial charge in [0.05, 0.1) is 17.3 Å². The molecule has 8 heteroatoms. The predicted molar refractivity (Wildman–Crippen MR) is 133 cm³/mol. The maximum atomic E-state index is 9.13. The van der Waals surface area contributed by atoms with Crippen LogP contribution < -0.4 is 15.5 Å². The van der Waals surface area contributed by atoms with E-state index in [1.165, 1.54) is 4.88 Å². The summed E-state index contributed by atoms with van der Waals surface area (Å²) in [5, 5.41) is 16.8. The summed E-state index contributed by atoms with van der Waals surface area (Å²) >= 11 is 1.76. The highest BCUT2D eigenvalue weighted by molar-refractivity contribution is 7.12. The smallest absolute Gasteiger partial charge is 0.196 e. The Balaban J connectivity index is 1.38. The van der Waals surface area contributed by atoms with Gasteiger partial charge in [-0.05, 0) is 44.0 Å². The Morgan fingerprint density at radius 1 is 1.09 bits per heavy atom. The van der Waals surface area contributed by atoms with Crippen LogP contribution in [-0.2, 0) is 4.84 Å². The number of hydrogen-bond acceptors (Lipinski definition) is 7. The minimum atomic E-state index is 0.141. The van der Waals surface area contributed by atoms with Crippen LogP contribution >= 0.6 is 11.3 Å². The van der Waals surface area contributed by atoms with Crippen LogP contribution in [0.5, 0.6) is 5.75 Å². The average Bonchev–Trinajstić information content (AvgIpc) is 3.23. The normalized spacial score (nSPS) is 12.7. The van der Waals surface area contributed by atoms with Gasteiger partial charge in [0, 0.05) is 28.6 Å². The fourth-order valence-electron chi connectivity index (χ4n) is 3.24. The van der Waals surface area contributed by atoms with E-state index < -0.39 is 0 Å². The summed E-state index contributed by atoms with van der Waals surface area (Å²) in [6.07, 6.45) is 0. The molecule has 0 spiro atoms. The van der Waals surface area contributed by atoms with Crippen LogP contribution in [0, 0.1) is 6.92 Å². The third-order valence-corrected chi connectivity index (χ3v) is 6.20. The lowest BCUT2D eigenvalue weighted by Crippen LogP contribution is -2.36. The largest absolute Gasteiger partial charge is 0.492 e. The summed E-state index contributed by atoms with van der Waals surface area (Å²) in [4.78, 5) is 11.4. The van der Waals surface area contributed by atoms with Gasteiger partial charge in [-0.3, -0.25) is 4.84 Å². The van der Waals surface area contributed by atoms with Gasteiger partial charge in [0.25, 0.3) is 0 Å². The fraction of sp³-hybridized carbons (Fsp3) is 0.360. The van der Waals surface area contributed by atoms with Gasteiger partial charge in [0.2, 0.25) is 0 Å². The van der Waals surface area contributed by atoms with Gasteiger partial charge in [-0.2, -0.15) is 0 Å². The Bertz CT molecular complexity index is 1020. The van der Waals surface area contributed by atoms with Crippen molar-refractivity contribution in [1.29, 1.82) is 0 Å². The van der Waals surface area contributed by atoms with Crippen molar-refractivity contribution >= 4 is 17.2 Å². The molecule has 3 N–H and O–H groups in total. The number of nitrogens with zero attached hydrogens (tertiary/aromatic N) is 2. The highest BCUT2D eigenvalue weighted by Gasteiger charge is 2.14. The molecule has 1 unspecified atom stereocenters. The minimum Gasteiger partial charge on any atom is -0.492 e. The average molecular weight is 469 g/mol. The number of benzene rings is 2. The van der Waals surface area contributed by atoms with E-state index in [4.69, 9.17) is 19.8 Å². The molecule has 0 aliphatic carbocycles. The molecule has 33 heavy (non-hydrogen) atoms. The second-order valence-corrected chi connectivity index (χ2v) is 9.29. The molecule has 2 aromatic carbocycles. The number of amidine groups is 1. The van der Waals surface area contributed by atoms with Crippen LogP contribution in [0.15, 0.2) is 59.8 Å². The molecule has 0 fully saturated rings. The summed E-state index contributed by atoms with van der Waals surface area (Å²) in [6.45, 7) is 10.1. The topological polar surface area (TPSA) is 88.0 Å². The van der Waals surface area contributed by atoms with Crippen molar-refractivity contribution in [2.24, 2.45) is 5.16 Å². The summed E-state index contributed by atoms with van der Waals surface area (Å²) < 4.78 is 5.92. The van der Waals surface area contributed by atoms with Crippen LogP contribution in [0.1, 0.15) is 42.1 Å². The Morgan fingerprint density at radius 3 is 2.48 bits per heavy atom. The molecule has 1 aromatic heterocycles. The number of hydrogen-bond donors (Lipinski definition) is 3. The number of hydroxylamine groups is 1. The van der Waals surface area contributed by atoms with Gasteiger partial charge in [0.15, 0.2) is 5.84 Å². The first-order valence-corrected chi connectivity index (χ1v) is 11.9. The molecule has 1 heterocycles. The Kier molecular flexibility index (Phi) is 9.24. The van der Waals surface area contributed by atoms with Crippen molar-refractivity contribution in [2.45, 2.75) is 39.7 Å². The van der Waals surface area contributed by atoms with Crippen LogP contribution in [-0.4, -0.2) is 41.8 Å². The lowest BCUT2D eigenvalue weighted by Gasteiger charge is -2.15. The van der Waals surface area contributed by atoms with Crippen molar-refractivity contribution in [3.63, 3.8) is 0 Å². The lowest BCUT2D eigenvalue weighted by atomic mass is 10.1. The lowest BCUT2D eigenvalue weighted by molar-refractivity contribution is 0.0823. The van der Waals surface area contributed by atoms with E-state index in [2.05, 4.69) is 55.8 Å². The van der Waals surface area contributed by atoms with Crippen molar-refractivity contribution < 1.29 is 14.8 Å². The van der Waals surface area contributed by atoms with Gasteiger partial charge in [-0.25, -0.2) is 10.5 Å². The number of oxime groups is 1. The molecule has 0 amide bonds. The molecule has 7 nitrogen and oxygen atoms in total. The van der Waals surface area contributed by atoms with E-state index in [9.17, 15) is 0 Å². The molecular weight excluding hydrogens is 436 g/mol. The number of ether oxygens (including phenoxy) is 1. The van der Waals surface area contributed by atoms with E-state index in [0.29, 0.717) is 25.7 Å². The van der Waals surface area contributed by atoms with Gasteiger partial charge in [-0.1, -0.05) is 49.3 Å². The number of aryl methyl sites for hydroxylation is 1. The maximum Gasteiger partial charge on any atom is 0.196 e. The van der Waals surface area contributed by atoms with E-state index >= 15 is 0 Å². The zero-order valence-electron chi connectivity index (χ0n) is 19.5. The molecule has 0 saturated carbocycles. The molecule has 0 saturated heterocycles. The number of aromatic nitrogens is 1. The fourth-order valence-corrected chi connectivity index (χ4v) is 4.19. The number of nitrogens with one attached hydrogen (secondary N) is 2. The molecule has 3 rings (SSSR count). The van der Waals surface area contributed by atoms with Gasteiger partial charge < -0.3 is 15.3 Å². The first kappa shape index (κ1) is 24.7. The predicted octanol–water partition coefficient (Wildman–Crippen LogP) is 4.96. The highest BCUT2D eigenvalue weighted by atomic mass is 32.1. The zero-order valence-corrected chi connectivity index (χ0v) is 20.4. The first-order valence-electron chi connectivity index (χ1n) is 11.1. The van der Waals surface area contributed by atoms with Crippen molar-refractivity contribution in [3.8, 4) is 17.0 Å². The monoisotopic (exact) mass is 468 g/mol. The van der Waals surface area contributed by atoms with Gasteiger partial charge >= 0.3 is 0 Å². The summed E-state index contributed by atoms with van der Waals surface area (Å²) in [7, 11) is 0. The van der Waals surface area contributed by atoms with Crippen molar-refractivity contribution in [2.75, 3.05) is 19.8 Å². The molecular formula is C25H32N4O3S. The number of thiazole rings is 1. The van der Waals surface area contributed by atoms with E-state index in [0.717, 1.165) is 27.6 Å². The second-order valence-electron chi connectivity index (χ2n) is 8.06. The molecule has 1 atom stereocenters. The van der Waals surface area contributed by atoms with E-state index in [-0.39, 0.29) is 11.9 Å². The first-order chi connectivity index (χ1) is 16.0. The van der Waals surface area contributed by atoms with E-state index in [1.807, 2.05) is 42.5 Å². The van der Waals surface area contributed by atoms with Crippen LogP contribution in [0.3, 0.4) is 0 Å². The summed E-state index contributed by atoms with van der Waals surface area (Å²) in [6, 6.07) is 17.5. The quantitative estimate of drug-likeness (QED) is 0.121. The number of rotatable bonds is 11. The SMILES string of the molecule is Cc1nc(-c2ccc(OCC(C)NCCON/C(=N\O)c3ccccc3)cc2)c(C(C)C)s1. The van der Waals surface area contributed by atoms with Gasteiger partial charge in [-0.15, -0.1) is 11.3 Å². The summed E-state index contributed by atoms with van der Waals surface area (Å²) in [5.74, 6) is 1.55. The van der Waals surface area contributed by atoms with E-state index in [1.54, 1.807) is 11.3 Å². The second kappa shape index (κ2) is 12.3. The van der Waals surface area contributed by atoms with Crippen LogP contribution in [0.25, 0.3) is 11.3 Å². The van der Waals surface area contributed by atoms with Crippen LogP contribution in [0.2, 0.25) is 0 Å². The third-order valence-electron chi connectivity index (χ3n) is 4.93. The molecule has 176 valence electrons. The molecule has 3 aromatic rings. The zero-order chi connectivity index (χ0) is 23.6. The van der Waals surface area contributed by atoms with Crippen molar-refractivity contribution in [1.82, 2.24) is 15.8 Å². The molecule has 0 aliphatic heterocycles. The van der Waals surface area contributed by atoms with Crippen molar-refractivity contribution in [3.05, 3.63) is 70.0 Å². The third kappa shape index (κ3) is 7.28. The van der Waals surface area contributed by atoms with Crippen LogP contribution in [0.4, 0.5) is 0 Å². The highest BCUT2D eigenvalue weighted by Crippen LogP contribution is 2.34. The standard InChI is InChI=1S/C25H32N4O3S/c1-17(2)24-23(27-19(4)33-24)20-10-12-22(13-11-20)31-16-18(3)26-14-15-32-29-25(28-30)21-8-6-5-7-9-21/h5-13,17-18,26,30H,14-16H2,1-4H3,(H,28,29). The molecule has 0 radical (unpaired) electrons.